The Morgan fingerprint density at radius 1 is 0.900 bits per heavy atom. The van der Waals surface area contributed by atoms with Crippen molar-refractivity contribution in [2.45, 2.75) is 6.61 Å². The van der Waals surface area contributed by atoms with Crippen molar-refractivity contribution in [3.63, 3.8) is 0 Å². The topological polar surface area (TPSA) is 38.7 Å². The van der Waals surface area contributed by atoms with Crippen molar-refractivity contribution in [3.8, 4) is 17.2 Å². The average molecular weight is 467 g/mol. The van der Waals surface area contributed by atoms with Gasteiger partial charge in [-0.2, -0.15) is 0 Å². The minimum absolute atomic E-state index is 0.00332. The average Bonchev–Trinajstić information content (AvgIpc) is 2.44. The first-order valence-corrected chi connectivity index (χ1v) is 8.03. The number of halogens is 3. The Balaban J connectivity index is 2.32. The molecule has 0 aromatic heterocycles. The smallest absolute Gasteiger partial charge is 0.143 e. The van der Waals surface area contributed by atoms with Crippen molar-refractivity contribution in [2.75, 3.05) is 7.11 Å². The fourth-order valence-corrected chi connectivity index (χ4v) is 2.98. The van der Waals surface area contributed by atoms with Crippen LogP contribution in [0, 0.1) is 0 Å². The van der Waals surface area contributed by atoms with Gasteiger partial charge in [0.25, 0.3) is 0 Å². The van der Waals surface area contributed by atoms with E-state index < -0.39 is 0 Å². The summed E-state index contributed by atoms with van der Waals surface area (Å²) in [5.41, 5.74) is 0.819. The first-order valence-electron chi connectivity index (χ1n) is 5.65. The number of hydrogen-bond donors (Lipinski definition) is 1. The zero-order chi connectivity index (χ0) is 14.7. The second-order valence-corrected chi connectivity index (χ2v) is 6.51. The summed E-state index contributed by atoms with van der Waals surface area (Å²) < 4.78 is 13.4. The lowest BCUT2D eigenvalue weighted by atomic mass is 10.2. The SMILES string of the molecule is COc1cc(Br)c(Oc2ccc(CO)cc2Br)cc1Br. The zero-order valence-electron chi connectivity index (χ0n) is 10.5. The van der Waals surface area contributed by atoms with Crippen molar-refractivity contribution in [2.24, 2.45) is 0 Å². The number of rotatable bonds is 4. The fourth-order valence-electron chi connectivity index (χ4n) is 1.59. The number of ether oxygens (including phenoxy) is 2. The van der Waals surface area contributed by atoms with Crippen LogP contribution in [0.25, 0.3) is 0 Å². The van der Waals surface area contributed by atoms with Gasteiger partial charge in [-0.15, -0.1) is 0 Å². The molecule has 0 aliphatic heterocycles. The number of aliphatic hydroxyl groups is 1. The highest BCUT2D eigenvalue weighted by Crippen LogP contribution is 2.39. The van der Waals surface area contributed by atoms with Crippen molar-refractivity contribution >= 4 is 47.8 Å². The quantitative estimate of drug-likeness (QED) is 0.667. The fraction of sp³-hybridized carbons (Fsp3) is 0.143. The second-order valence-electron chi connectivity index (χ2n) is 3.94. The Morgan fingerprint density at radius 2 is 1.50 bits per heavy atom. The monoisotopic (exact) mass is 464 g/mol. The molecule has 6 heteroatoms. The van der Waals surface area contributed by atoms with Gasteiger partial charge in [-0.1, -0.05) is 6.07 Å². The maximum Gasteiger partial charge on any atom is 0.143 e. The third kappa shape index (κ3) is 3.55. The largest absolute Gasteiger partial charge is 0.496 e. The summed E-state index contributed by atoms with van der Waals surface area (Å²) in [6.45, 7) is -0.00332. The van der Waals surface area contributed by atoms with Gasteiger partial charge >= 0.3 is 0 Å². The van der Waals surface area contributed by atoms with Crippen LogP contribution in [0.3, 0.4) is 0 Å². The van der Waals surface area contributed by atoms with Crippen LogP contribution in [-0.2, 0) is 6.61 Å². The number of benzene rings is 2. The standard InChI is InChI=1S/C14H11Br3O3/c1-19-13-5-11(17)14(6-10(13)16)20-12-3-2-8(7-18)4-9(12)15/h2-6,18H,7H2,1H3. The predicted octanol–water partition coefficient (Wildman–Crippen LogP) is 5.27. The molecule has 0 heterocycles. The normalized spacial score (nSPS) is 10.4. The van der Waals surface area contributed by atoms with Gasteiger partial charge in [0.2, 0.25) is 0 Å². The molecule has 2 rings (SSSR count). The molecule has 0 saturated heterocycles. The van der Waals surface area contributed by atoms with E-state index in [1.807, 2.05) is 24.3 Å². The van der Waals surface area contributed by atoms with Crippen LogP contribution in [0.5, 0.6) is 17.2 Å². The van der Waals surface area contributed by atoms with Gasteiger partial charge < -0.3 is 14.6 Å². The zero-order valence-corrected chi connectivity index (χ0v) is 15.2. The predicted molar refractivity (Wildman–Crippen MR) is 88.5 cm³/mol. The van der Waals surface area contributed by atoms with E-state index in [4.69, 9.17) is 14.6 Å². The van der Waals surface area contributed by atoms with Crippen molar-refractivity contribution in [1.82, 2.24) is 0 Å². The molecule has 3 nitrogen and oxygen atoms in total. The molecule has 0 spiro atoms. The molecule has 2 aromatic carbocycles. The van der Waals surface area contributed by atoms with Crippen molar-refractivity contribution in [3.05, 3.63) is 49.3 Å². The Hall–Kier alpha value is -0.560. The van der Waals surface area contributed by atoms with E-state index in [2.05, 4.69) is 47.8 Å². The molecule has 0 amide bonds. The Labute approximate surface area is 142 Å². The molecule has 2 aromatic rings. The van der Waals surface area contributed by atoms with Crippen LogP contribution in [0.4, 0.5) is 0 Å². The minimum atomic E-state index is -0.00332. The maximum atomic E-state index is 9.09. The van der Waals surface area contributed by atoms with Gasteiger partial charge in [-0.3, -0.25) is 0 Å². The molecule has 0 bridgehead atoms. The van der Waals surface area contributed by atoms with E-state index in [0.717, 1.165) is 24.7 Å². The lowest BCUT2D eigenvalue weighted by Gasteiger charge is -2.12. The van der Waals surface area contributed by atoms with E-state index >= 15 is 0 Å². The molecule has 20 heavy (non-hydrogen) atoms. The third-order valence-corrected chi connectivity index (χ3v) is 4.46. The summed E-state index contributed by atoms with van der Waals surface area (Å²) in [5.74, 6) is 2.05. The molecular weight excluding hydrogens is 456 g/mol. The Bertz CT molecular complexity index is 629. The summed E-state index contributed by atoms with van der Waals surface area (Å²) in [4.78, 5) is 0. The van der Waals surface area contributed by atoms with Gasteiger partial charge in [0.05, 0.1) is 27.1 Å². The summed E-state index contributed by atoms with van der Waals surface area (Å²) in [6.07, 6.45) is 0. The number of hydrogen-bond acceptors (Lipinski definition) is 3. The lowest BCUT2D eigenvalue weighted by molar-refractivity contribution is 0.281. The van der Waals surface area contributed by atoms with Crippen LogP contribution in [0.15, 0.2) is 43.7 Å². The molecule has 0 atom stereocenters. The van der Waals surface area contributed by atoms with Gasteiger partial charge in [-0.05, 0) is 77.6 Å². The Kier molecular flexibility index (Phi) is 5.49. The molecule has 0 saturated carbocycles. The highest BCUT2D eigenvalue weighted by atomic mass is 79.9. The number of aliphatic hydroxyl groups excluding tert-OH is 1. The van der Waals surface area contributed by atoms with Crippen LogP contribution in [0.2, 0.25) is 0 Å². The molecule has 0 fully saturated rings. The van der Waals surface area contributed by atoms with Gasteiger partial charge in [-0.25, -0.2) is 0 Å². The van der Waals surface area contributed by atoms with Crippen LogP contribution < -0.4 is 9.47 Å². The van der Waals surface area contributed by atoms with Gasteiger partial charge in [0, 0.05) is 0 Å². The first kappa shape index (κ1) is 15.8. The van der Waals surface area contributed by atoms with Crippen molar-refractivity contribution < 1.29 is 14.6 Å². The van der Waals surface area contributed by atoms with Gasteiger partial charge in [0.15, 0.2) is 0 Å². The summed E-state index contributed by atoms with van der Waals surface area (Å²) in [7, 11) is 1.61. The van der Waals surface area contributed by atoms with Crippen molar-refractivity contribution in [1.29, 1.82) is 0 Å². The third-order valence-electron chi connectivity index (χ3n) is 2.61. The van der Waals surface area contributed by atoms with Crippen LogP contribution in [-0.4, -0.2) is 12.2 Å². The molecule has 0 aliphatic carbocycles. The maximum absolute atomic E-state index is 9.09. The van der Waals surface area contributed by atoms with Crippen LogP contribution in [0.1, 0.15) is 5.56 Å². The van der Waals surface area contributed by atoms with Crippen LogP contribution >= 0.6 is 47.8 Å². The van der Waals surface area contributed by atoms with E-state index in [1.165, 1.54) is 0 Å². The summed E-state index contributed by atoms with van der Waals surface area (Å²) in [6, 6.07) is 9.10. The Morgan fingerprint density at radius 3 is 2.10 bits per heavy atom. The minimum Gasteiger partial charge on any atom is -0.496 e. The molecular formula is C14H11Br3O3. The van der Waals surface area contributed by atoms with E-state index in [1.54, 1.807) is 13.2 Å². The van der Waals surface area contributed by atoms with E-state index in [0.29, 0.717) is 11.5 Å². The van der Waals surface area contributed by atoms with E-state index in [9.17, 15) is 0 Å². The lowest BCUT2D eigenvalue weighted by Crippen LogP contribution is -1.91. The highest BCUT2D eigenvalue weighted by molar-refractivity contribution is 9.11. The molecule has 106 valence electrons. The first-order chi connectivity index (χ1) is 9.55. The molecule has 0 unspecified atom stereocenters. The van der Waals surface area contributed by atoms with E-state index in [-0.39, 0.29) is 6.61 Å². The number of methoxy groups -OCH3 is 1. The molecule has 0 radical (unpaired) electrons. The second kappa shape index (κ2) is 6.93. The molecule has 1 N–H and O–H groups in total. The molecule has 0 aliphatic rings. The summed E-state index contributed by atoms with van der Waals surface area (Å²) >= 11 is 10.3. The van der Waals surface area contributed by atoms with Gasteiger partial charge in [0.1, 0.15) is 17.2 Å². The summed E-state index contributed by atoms with van der Waals surface area (Å²) in [5, 5.41) is 9.09. The highest BCUT2D eigenvalue weighted by Gasteiger charge is 2.11.